The molecule has 4 aromatic rings. The van der Waals surface area contributed by atoms with Gasteiger partial charge in [-0.05, 0) is 66.1 Å². The summed E-state index contributed by atoms with van der Waals surface area (Å²) in [6, 6.07) is 25.4. The smallest absolute Gasteiger partial charge is 0.407 e. The van der Waals surface area contributed by atoms with E-state index in [0.717, 1.165) is 103 Å². The molecule has 4 aliphatic heterocycles. The number of nitrogens with one attached hydrogen (secondary N) is 2. The van der Waals surface area contributed by atoms with E-state index >= 15 is 0 Å². The Bertz CT molecular complexity index is 2070. The Labute approximate surface area is 321 Å². The lowest BCUT2D eigenvalue weighted by Gasteiger charge is -2.36. The highest BCUT2D eigenvalue weighted by molar-refractivity contribution is 6.04. The summed E-state index contributed by atoms with van der Waals surface area (Å²) >= 11 is 0. The number of alkyl carbamates (subject to hydrolysis) is 1. The highest BCUT2D eigenvalue weighted by Gasteiger charge is 2.38. The van der Waals surface area contributed by atoms with Gasteiger partial charge in [0.1, 0.15) is 11.9 Å². The van der Waals surface area contributed by atoms with Crippen LogP contribution in [0.4, 0.5) is 9.59 Å². The van der Waals surface area contributed by atoms with E-state index in [0.29, 0.717) is 18.5 Å². The number of aromatic nitrogens is 2. The van der Waals surface area contributed by atoms with Crippen LogP contribution in [0.15, 0.2) is 96.3 Å². The molecule has 12 nitrogen and oxygen atoms in total. The number of aliphatic imine (C=N–C) groups is 1. The zero-order valence-corrected chi connectivity index (χ0v) is 31.5. The van der Waals surface area contributed by atoms with E-state index in [-0.39, 0.29) is 24.0 Å². The third-order valence-electron chi connectivity index (χ3n) is 11.5. The molecule has 3 fully saturated rings. The Kier molecular flexibility index (Phi) is 10.5. The Balaban J connectivity index is 0.888. The van der Waals surface area contributed by atoms with Crippen molar-refractivity contribution >= 4 is 29.3 Å². The first-order valence-corrected chi connectivity index (χ1v) is 19.3. The van der Waals surface area contributed by atoms with Crippen LogP contribution < -0.4 is 5.32 Å². The van der Waals surface area contributed by atoms with Gasteiger partial charge in [-0.1, -0.05) is 78.9 Å². The third kappa shape index (κ3) is 7.64. The minimum absolute atomic E-state index is 0.0305. The number of likely N-dealkylation sites (N-methyl/N-ethyl adjacent to an activating group) is 1. The minimum Gasteiger partial charge on any atom is -0.453 e. The van der Waals surface area contributed by atoms with Crippen molar-refractivity contribution in [2.75, 3.05) is 53.4 Å². The molecular weight excluding hydrogens is 693 g/mol. The van der Waals surface area contributed by atoms with Crippen LogP contribution >= 0.6 is 0 Å². The molecule has 3 saturated heterocycles. The number of aromatic amines is 1. The number of nitrogens with zero attached hydrogens (tertiary/aromatic N) is 6. The normalized spacial score (nSPS) is 20.7. The molecule has 1 aromatic heterocycles. The summed E-state index contributed by atoms with van der Waals surface area (Å²) in [5.74, 6) is 0.689. The summed E-state index contributed by atoms with van der Waals surface area (Å²) in [5, 5.41) is 2.74. The van der Waals surface area contributed by atoms with Crippen molar-refractivity contribution in [2.24, 2.45) is 4.99 Å². The first-order valence-electron chi connectivity index (χ1n) is 19.3. The van der Waals surface area contributed by atoms with Gasteiger partial charge in [-0.15, -0.1) is 0 Å². The molecule has 0 unspecified atom stereocenters. The predicted molar refractivity (Wildman–Crippen MR) is 212 cm³/mol. The predicted octanol–water partition coefficient (Wildman–Crippen LogP) is 6.52. The van der Waals surface area contributed by atoms with Crippen LogP contribution in [0.5, 0.6) is 0 Å². The lowest BCUT2D eigenvalue weighted by Crippen LogP contribution is -2.51. The first kappa shape index (κ1) is 36.2. The van der Waals surface area contributed by atoms with Gasteiger partial charge in [0.15, 0.2) is 0 Å². The first-order chi connectivity index (χ1) is 26.9. The van der Waals surface area contributed by atoms with E-state index in [1.807, 2.05) is 57.4 Å². The number of amides is 4. The SMILES string of the molecule is COC(=O)N[C@@H](C(=O)N1CCC[C@H]1C1=NC=C(c2ccc(-c3ccc(-c4cnc([C@@H]5CCCN5C(=O)N5CCN(C)CC5)[nH]4)cc3)cc2)C1)c1ccccc1. The summed E-state index contributed by atoms with van der Waals surface area (Å²) in [7, 11) is 3.40. The second-order valence-electron chi connectivity index (χ2n) is 14.9. The largest absolute Gasteiger partial charge is 0.453 e. The molecule has 4 amide bonds. The van der Waals surface area contributed by atoms with E-state index in [2.05, 4.69) is 70.8 Å². The number of urea groups is 1. The van der Waals surface area contributed by atoms with Gasteiger partial charge in [0, 0.05) is 57.6 Å². The van der Waals surface area contributed by atoms with Crippen molar-refractivity contribution in [3.05, 3.63) is 108 Å². The number of imidazole rings is 1. The summed E-state index contributed by atoms with van der Waals surface area (Å²) < 4.78 is 4.84. The Morgan fingerprint density at radius 2 is 1.42 bits per heavy atom. The molecule has 284 valence electrons. The maximum Gasteiger partial charge on any atom is 0.407 e. The average molecular weight is 741 g/mol. The minimum atomic E-state index is -0.839. The standard InChI is InChI=1S/C43H48N8O4/c1-48-22-24-49(25-23-48)43(54)51-21-7-11-38(51)40-45-28-36(46-40)32-18-16-30(17-19-32)29-12-14-31(15-13-29)34-26-35(44-27-34)37-10-6-20-50(37)41(52)39(47-42(53)55-2)33-8-4-3-5-9-33/h3-5,8-9,12-19,27-28,37-39H,6-7,10-11,20-26H2,1-2H3,(H,45,46)(H,47,53)/t37-,38-,39+/m0/s1. The van der Waals surface area contributed by atoms with Gasteiger partial charge in [0.2, 0.25) is 5.91 Å². The van der Waals surface area contributed by atoms with Gasteiger partial charge in [-0.3, -0.25) is 9.79 Å². The molecule has 4 aliphatic rings. The van der Waals surface area contributed by atoms with Crippen molar-refractivity contribution in [1.29, 1.82) is 0 Å². The number of piperazine rings is 1. The lowest BCUT2D eigenvalue weighted by atomic mass is 9.96. The maximum absolute atomic E-state index is 13.9. The van der Waals surface area contributed by atoms with Crippen molar-refractivity contribution in [2.45, 2.75) is 50.2 Å². The second kappa shape index (κ2) is 15.9. The maximum atomic E-state index is 13.9. The zero-order valence-electron chi connectivity index (χ0n) is 31.5. The van der Waals surface area contributed by atoms with E-state index in [4.69, 9.17) is 14.7 Å². The number of methoxy groups -OCH3 is 1. The number of hydrogen-bond acceptors (Lipinski definition) is 7. The molecular formula is C43H48N8O4. The van der Waals surface area contributed by atoms with Crippen LogP contribution in [-0.4, -0.2) is 113 Å². The highest BCUT2D eigenvalue weighted by atomic mass is 16.5. The molecule has 8 rings (SSSR count). The molecule has 0 bridgehead atoms. The average Bonchev–Trinajstić information content (AvgIpc) is 4.07. The van der Waals surface area contributed by atoms with Gasteiger partial charge >= 0.3 is 12.1 Å². The fourth-order valence-corrected chi connectivity index (χ4v) is 8.31. The molecule has 0 saturated carbocycles. The highest BCUT2D eigenvalue weighted by Crippen LogP contribution is 2.35. The molecule has 0 aliphatic carbocycles. The van der Waals surface area contributed by atoms with Crippen molar-refractivity contribution < 1.29 is 19.1 Å². The zero-order chi connectivity index (χ0) is 37.9. The number of hydrogen-bond donors (Lipinski definition) is 2. The molecule has 55 heavy (non-hydrogen) atoms. The monoisotopic (exact) mass is 740 g/mol. The number of carbonyl (C=O) groups excluding carboxylic acids is 3. The molecule has 3 atom stereocenters. The molecule has 2 N–H and O–H groups in total. The van der Waals surface area contributed by atoms with Crippen LogP contribution in [0.25, 0.3) is 28.0 Å². The number of benzene rings is 3. The molecule has 5 heterocycles. The summed E-state index contributed by atoms with van der Waals surface area (Å²) in [6.45, 7) is 4.72. The fourth-order valence-electron chi connectivity index (χ4n) is 8.31. The molecule has 0 radical (unpaired) electrons. The van der Waals surface area contributed by atoms with Gasteiger partial charge in [-0.25, -0.2) is 14.6 Å². The van der Waals surface area contributed by atoms with Gasteiger partial charge < -0.3 is 34.6 Å². The van der Waals surface area contributed by atoms with E-state index in [1.54, 1.807) is 0 Å². The number of ether oxygens (including phenoxy) is 1. The van der Waals surface area contributed by atoms with Crippen molar-refractivity contribution in [1.82, 2.24) is 34.9 Å². The van der Waals surface area contributed by atoms with Crippen LogP contribution in [-0.2, 0) is 9.53 Å². The van der Waals surface area contributed by atoms with E-state index in [1.165, 1.54) is 7.11 Å². The van der Waals surface area contributed by atoms with Crippen LogP contribution in [0, 0.1) is 0 Å². The molecule has 12 heteroatoms. The topological polar surface area (TPSA) is 126 Å². The Morgan fingerprint density at radius 3 is 2.11 bits per heavy atom. The van der Waals surface area contributed by atoms with Gasteiger partial charge in [0.05, 0.1) is 31.1 Å². The van der Waals surface area contributed by atoms with Crippen LogP contribution in [0.3, 0.4) is 0 Å². The Hall–Kier alpha value is -5.75. The summed E-state index contributed by atoms with van der Waals surface area (Å²) in [5.41, 5.74) is 8.11. The van der Waals surface area contributed by atoms with E-state index < -0.39 is 12.1 Å². The second-order valence-corrected chi connectivity index (χ2v) is 14.9. The van der Waals surface area contributed by atoms with Gasteiger partial charge in [0.25, 0.3) is 0 Å². The molecule has 3 aromatic carbocycles. The quantitative estimate of drug-likeness (QED) is 0.212. The number of H-pyrrole nitrogens is 1. The number of allylic oxidation sites excluding steroid dienone is 1. The number of rotatable bonds is 8. The lowest BCUT2D eigenvalue weighted by molar-refractivity contribution is -0.133. The van der Waals surface area contributed by atoms with Crippen molar-refractivity contribution in [3.63, 3.8) is 0 Å². The number of likely N-dealkylation sites (tertiary alicyclic amines) is 2. The van der Waals surface area contributed by atoms with Crippen LogP contribution in [0.1, 0.15) is 61.1 Å². The number of carbonyl (C=O) groups is 3. The molecule has 0 spiro atoms. The fraction of sp³-hybridized carbons (Fsp3) is 0.372. The van der Waals surface area contributed by atoms with Gasteiger partial charge in [-0.2, -0.15) is 0 Å². The van der Waals surface area contributed by atoms with Crippen molar-refractivity contribution in [3.8, 4) is 22.4 Å². The summed E-state index contributed by atoms with van der Waals surface area (Å²) in [4.78, 5) is 60.7. The van der Waals surface area contributed by atoms with Crippen LogP contribution in [0.2, 0.25) is 0 Å². The summed E-state index contributed by atoms with van der Waals surface area (Å²) in [6.07, 6.45) is 7.41. The third-order valence-corrected chi connectivity index (χ3v) is 11.5. The Morgan fingerprint density at radius 1 is 0.782 bits per heavy atom. The van der Waals surface area contributed by atoms with E-state index in [9.17, 15) is 14.4 Å².